The van der Waals surface area contributed by atoms with Crippen molar-refractivity contribution in [1.29, 1.82) is 0 Å². The quantitative estimate of drug-likeness (QED) is 0.785. The smallest absolute Gasteiger partial charge is 0.399 e. The standard InChI is InChI=1S/C18H28BNO3/c1-13-11-20(12-14(2)21-13)16-9-7-15(8-10-16)19-22-17(3,4)18(5,6)23-19/h7-10,13-14H,11-12H2,1-6H3/t13-,14+. The number of ether oxygens (including phenoxy) is 1. The minimum atomic E-state index is -0.300. The molecule has 126 valence electrons. The number of benzene rings is 1. The molecule has 2 aliphatic rings. The third-order valence-corrected chi connectivity index (χ3v) is 5.20. The van der Waals surface area contributed by atoms with Gasteiger partial charge in [0.15, 0.2) is 0 Å². The number of anilines is 1. The first-order valence-corrected chi connectivity index (χ1v) is 8.54. The lowest BCUT2D eigenvalue weighted by atomic mass is 9.79. The first-order chi connectivity index (χ1) is 10.7. The molecule has 0 N–H and O–H groups in total. The Labute approximate surface area is 140 Å². The maximum absolute atomic E-state index is 6.11. The van der Waals surface area contributed by atoms with E-state index in [2.05, 4.69) is 70.7 Å². The maximum Gasteiger partial charge on any atom is 0.494 e. The van der Waals surface area contributed by atoms with Gasteiger partial charge in [-0.2, -0.15) is 0 Å². The molecule has 2 aliphatic heterocycles. The fourth-order valence-electron chi connectivity index (χ4n) is 3.21. The third kappa shape index (κ3) is 3.28. The highest BCUT2D eigenvalue weighted by Crippen LogP contribution is 2.36. The average Bonchev–Trinajstić information content (AvgIpc) is 2.66. The lowest BCUT2D eigenvalue weighted by molar-refractivity contribution is -0.00521. The Hall–Kier alpha value is -1.04. The minimum absolute atomic E-state index is 0.265. The molecule has 0 amide bonds. The van der Waals surface area contributed by atoms with E-state index in [1.807, 2.05) is 0 Å². The van der Waals surface area contributed by atoms with E-state index in [9.17, 15) is 0 Å². The molecule has 2 atom stereocenters. The van der Waals surface area contributed by atoms with Gasteiger partial charge in [0.25, 0.3) is 0 Å². The number of nitrogens with zero attached hydrogens (tertiary/aromatic N) is 1. The molecule has 0 spiro atoms. The van der Waals surface area contributed by atoms with Crippen molar-refractivity contribution in [3.63, 3.8) is 0 Å². The fraction of sp³-hybridized carbons (Fsp3) is 0.667. The van der Waals surface area contributed by atoms with Crippen LogP contribution < -0.4 is 10.4 Å². The molecule has 0 aromatic heterocycles. The summed E-state index contributed by atoms with van der Waals surface area (Å²) < 4.78 is 18.0. The molecule has 1 aromatic rings. The van der Waals surface area contributed by atoms with Gasteiger partial charge in [0, 0.05) is 18.8 Å². The van der Waals surface area contributed by atoms with Crippen LogP contribution in [-0.4, -0.2) is 43.6 Å². The lowest BCUT2D eigenvalue weighted by Gasteiger charge is -2.37. The summed E-state index contributed by atoms with van der Waals surface area (Å²) in [5.41, 5.74) is 1.70. The molecule has 4 nitrogen and oxygen atoms in total. The Bertz CT molecular complexity index is 532. The van der Waals surface area contributed by atoms with Gasteiger partial charge in [0.05, 0.1) is 23.4 Å². The van der Waals surface area contributed by atoms with Crippen LogP contribution in [0, 0.1) is 0 Å². The van der Waals surface area contributed by atoms with E-state index in [0.29, 0.717) is 0 Å². The van der Waals surface area contributed by atoms with Crippen molar-refractivity contribution in [2.75, 3.05) is 18.0 Å². The fourth-order valence-corrected chi connectivity index (χ4v) is 3.21. The zero-order valence-electron chi connectivity index (χ0n) is 15.1. The van der Waals surface area contributed by atoms with Crippen molar-refractivity contribution in [2.24, 2.45) is 0 Å². The average molecular weight is 317 g/mol. The molecule has 23 heavy (non-hydrogen) atoms. The van der Waals surface area contributed by atoms with Crippen molar-refractivity contribution in [2.45, 2.75) is 65.0 Å². The van der Waals surface area contributed by atoms with Crippen LogP contribution >= 0.6 is 0 Å². The van der Waals surface area contributed by atoms with Gasteiger partial charge in [-0.25, -0.2) is 0 Å². The van der Waals surface area contributed by atoms with Gasteiger partial charge in [-0.05, 0) is 59.1 Å². The second-order valence-corrected chi connectivity index (χ2v) is 7.84. The number of morpholine rings is 1. The van der Waals surface area contributed by atoms with E-state index in [-0.39, 0.29) is 30.5 Å². The molecule has 2 saturated heterocycles. The molecule has 0 aliphatic carbocycles. The highest BCUT2D eigenvalue weighted by molar-refractivity contribution is 6.62. The molecule has 0 saturated carbocycles. The molecule has 5 heteroatoms. The summed E-state index contributed by atoms with van der Waals surface area (Å²) in [6, 6.07) is 8.54. The molecular weight excluding hydrogens is 289 g/mol. The van der Waals surface area contributed by atoms with E-state index in [1.165, 1.54) is 5.69 Å². The second kappa shape index (κ2) is 5.80. The predicted molar refractivity (Wildman–Crippen MR) is 94.4 cm³/mol. The van der Waals surface area contributed by atoms with Gasteiger partial charge in [0.1, 0.15) is 0 Å². The number of rotatable bonds is 2. The van der Waals surface area contributed by atoms with E-state index in [0.717, 1.165) is 18.6 Å². The first-order valence-electron chi connectivity index (χ1n) is 8.54. The van der Waals surface area contributed by atoms with Gasteiger partial charge in [-0.1, -0.05) is 12.1 Å². The molecule has 0 bridgehead atoms. The topological polar surface area (TPSA) is 30.9 Å². The van der Waals surface area contributed by atoms with Crippen molar-refractivity contribution < 1.29 is 14.0 Å². The van der Waals surface area contributed by atoms with Gasteiger partial charge in [-0.3, -0.25) is 0 Å². The van der Waals surface area contributed by atoms with Crippen molar-refractivity contribution in [3.05, 3.63) is 24.3 Å². The summed E-state index contributed by atoms with van der Waals surface area (Å²) in [5, 5.41) is 0. The molecular formula is C18H28BNO3. The highest BCUT2D eigenvalue weighted by Gasteiger charge is 2.51. The van der Waals surface area contributed by atoms with Crippen molar-refractivity contribution >= 4 is 18.3 Å². The molecule has 3 rings (SSSR count). The largest absolute Gasteiger partial charge is 0.494 e. The molecule has 0 radical (unpaired) electrons. The Balaban J connectivity index is 1.73. The highest BCUT2D eigenvalue weighted by atomic mass is 16.7. The van der Waals surface area contributed by atoms with Gasteiger partial charge in [0.2, 0.25) is 0 Å². The summed E-state index contributed by atoms with van der Waals surface area (Å²) in [7, 11) is -0.295. The van der Waals surface area contributed by atoms with Crippen LogP contribution in [0.25, 0.3) is 0 Å². The second-order valence-electron chi connectivity index (χ2n) is 7.84. The monoisotopic (exact) mass is 317 g/mol. The molecule has 2 fully saturated rings. The van der Waals surface area contributed by atoms with Crippen LogP contribution in [0.5, 0.6) is 0 Å². The van der Waals surface area contributed by atoms with E-state index >= 15 is 0 Å². The van der Waals surface area contributed by atoms with Crippen LogP contribution in [0.2, 0.25) is 0 Å². The van der Waals surface area contributed by atoms with E-state index in [1.54, 1.807) is 0 Å². The Morgan fingerprint density at radius 2 is 1.39 bits per heavy atom. The van der Waals surface area contributed by atoms with Gasteiger partial charge >= 0.3 is 7.12 Å². The minimum Gasteiger partial charge on any atom is -0.399 e. The lowest BCUT2D eigenvalue weighted by Crippen LogP contribution is -2.45. The van der Waals surface area contributed by atoms with Crippen LogP contribution in [0.4, 0.5) is 5.69 Å². The van der Waals surface area contributed by atoms with Crippen molar-refractivity contribution in [3.8, 4) is 0 Å². The first kappa shape index (κ1) is 16.8. The summed E-state index contributed by atoms with van der Waals surface area (Å²) >= 11 is 0. The molecule has 1 aromatic carbocycles. The summed E-state index contributed by atoms with van der Waals surface area (Å²) in [4.78, 5) is 2.38. The number of hydrogen-bond acceptors (Lipinski definition) is 4. The van der Waals surface area contributed by atoms with Gasteiger partial charge < -0.3 is 18.9 Å². The van der Waals surface area contributed by atoms with Crippen LogP contribution in [-0.2, 0) is 14.0 Å². The summed E-state index contributed by atoms with van der Waals surface area (Å²) in [5.74, 6) is 0. The Kier molecular flexibility index (Phi) is 4.24. The van der Waals surface area contributed by atoms with Crippen molar-refractivity contribution in [1.82, 2.24) is 0 Å². The normalized spacial score (nSPS) is 29.8. The summed E-state index contributed by atoms with van der Waals surface area (Å²) in [6.07, 6.45) is 0.531. The zero-order valence-corrected chi connectivity index (χ0v) is 15.1. The Morgan fingerprint density at radius 1 is 0.913 bits per heavy atom. The third-order valence-electron chi connectivity index (χ3n) is 5.20. The van der Waals surface area contributed by atoms with Crippen LogP contribution in [0.3, 0.4) is 0 Å². The predicted octanol–water partition coefficient (Wildman–Crippen LogP) is 2.60. The molecule has 2 heterocycles. The Morgan fingerprint density at radius 3 is 1.87 bits per heavy atom. The maximum atomic E-state index is 6.11. The van der Waals surface area contributed by atoms with E-state index < -0.39 is 0 Å². The summed E-state index contributed by atoms with van der Waals surface area (Å²) in [6.45, 7) is 14.4. The van der Waals surface area contributed by atoms with Crippen LogP contribution in [0.15, 0.2) is 24.3 Å². The van der Waals surface area contributed by atoms with E-state index in [4.69, 9.17) is 14.0 Å². The van der Waals surface area contributed by atoms with Gasteiger partial charge in [-0.15, -0.1) is 0 Å². The van der Waals surface area contributed by atoms with Crippen LogP contribution in [0.1, 0.15) is 41.5 Å². The SMILES string of the molecule is C[C@@H]1CN(c2ccc(B3OC(C)(C)C(C)(C)O3)cc2)C[C@H](C)O1. The number of hydrogen-bond donors (Lipinski definition) is 0. The zero-order chi connectivity index (χ0) is 16.8. The molecule has 0 unspecified atom stereocenters.